The van der Waals surface area contributed by atoms with Gasteiger partial charge in [-0.3, -0.25) is 4.79 Å². The molecule has 1 nitrogen and oxygen atoms in total. The van der Waals surface area contributed by atoms with Crippen LogP contribution in [0.3, 0.4) is 0 Å². The molecule has 0 aliphatic carbocycles. The van der Waals surface area contributed by atoms with E-state index >= 15 is 0 Å². The third-order valence-electron chi connectivity index (χ3n) is 1.67. The van der Waals surface area contributed by atoms with E-state index in [0.717, 1.165) is 11.1 Å². The lowest BCUT2D eigenvalue weighted by Crippen LogP contribution is -1.82. The summed E-state index contributed by atoms with van der Waals surface area (Å²) in [5, 5.41) is 0.265. The van der Waals surface area contributed by atoms with Gasteiger partial charge >= 0.3 is 0 Å². The summed E-state index contributed by atoms with van der Waals surface area (Å²) >= 11 is 5.66. The molecule has 62 valence electrons. The van der Waals surface area contributed by atoms with Gasteiger partial charge in [0.2, 0.25) is 0 Å². The maximum Gasteiger partial charge on any atom is 0.161 e. The molecule has 1 aromatic rings. The van der Waals surface area contributed by atoms with Crippen LogP contribution < -0.4 is 0 Å². The van der Waals surface area contributed by atoms with E-state index in [1.165, 1.54) is 0 Å². The van der Waals surface area contributed by atoms with E-state index in [1.54, 1.807) is 0 Å². The van der Waals surface area contributed by atoms with Crippen molar-refractivity contribution in [3.63, 3.8) is 0 Å². The lowest BCUT2D eigenvalue weighted by atomic mass is 10.1. The second-order valence-corrected chi connectivity index (χ2v) is 2.86. The second kappa shape index (κ2) is 4.07. The molecule has 0 aliphatic heterocycles. The largest absolute Gasteiger partial charge is 0.297 e. The zero-order valence-corrected chi connectivity index (χ0v) is 7.51. The van der Waals surface area contributed by atoms with Crippen LogP contribution in [0.4, 0.5) is 0 Å². The summed E-state index contributed by atoms with van der Waals surface area (Å²) in [7, 11) is 0. The number of hydrogen-bond acceptors (Lipinski definition) is 1. The van der Waals surface area contributed by atoms with Crippen molar-refractivity contribution in [1.82, 2.24) is 0 Å². The van der Waals surface area contributed by atoms with Gasteiger partial charge < -0.3 is 0 Å². The molecule has 0 N–H and O–H groups in total. The molecule has 0 bridgehead atoms. The normalized spacial score (nSPS) is 12.2. The molecule has 1 aromatic carbocycles. The number of hydrogen-bond donors (Lipinski definition) is 0. The van der Waals surface area contributed by atoms with Crippen LogP contribution in [0, 0.1) is 0 Å². The molecule has 0 fully saturated rings. The Morgan fingerprint density at radius 3 is 2.42 bits per heavy atom. The van der Waals surface area contributed by atoms with E-state index in [2.05, 4.69) is 0 Å². The zero-order valence-electron chi connectivity index (χ0n) is 6.75. The van der Waals surface area contributed by atoms with Gasteiger partial charge in [0.05, 0.1) is 5.03 Å². The molecule has 0 unspecified atom stereocenters. The quantitative estimate of drug-likeness (QED) is 0.505. The molecule has 0 heterocycles. The van der Waals surface area contributed by atoms with Crippen LogP contribution in [0.25, 0.3) is 5.57 Å². The Morgan fingerprint density at radius 2 is 1.92 bits per heavy atom. The van der Waals surface area contributed by atoms with Crippen LogP contribution in [-0.2, 0) is 4.79 Å². The van der Waals surface area contributed by atoms with Crippen LogP contribution in [0.1, 0.15) is 12.5 Å². The fraction of sp³-hybridized carbons (Fsp3) is 0.100. The van der Waals surface area contributed by atoms with Gasteiger partial charge in [0, 0.05) is 0 Å². The highest BCUT2D eigenvalue weighted by molar-refractivity contribution is 6.41. The molecule has 0 atom stereocenters. The first-order valence-electron chi connectivity index (χ1n) is 3.62. The average Bonchev–Trinajstić information content (AvgIpc) is 2.17. The van der Waals surface area contributed by atoms with Crippen molar-refractivity contribution in [3.05, 3.63) is 40.9 Å². The molecule has 0 saturated carbocycles. The first-order valence-corrected chi connectivity index (χ1v) is 4.00. The molecule has 0 aromatic heterocycles. The Balaban J connectivity index is 3.08. The van der Waals surface area contributed by atoms with E-state index in [9.17, 15) is 4.79 Å². The van der Waals surface area contributed by atoms with E-state index in [-0.39, 0.29) is 5.03 Å². The fourth-order valence-electron chi connectivity index (χ4n) is 0.914. The van der Waals surface area contributed by atoms with Crippen LogP contribution in [0.15, 0.2) is 35.4 Å². The Bertz CT molecular complexity index is 301. The number of carbonyl (C=O) groups is 1. The van der Waals surface area contributed by atoms with Gasteiger partial charge in [0.25, 0.3) is 0 Å². The first kappa shape index (κ1) is 9.01. The molecule has 1 rings (SSSR count). The summed E-state index contributed by atoms with van der Waals surface area (Å²) in [6.45, 7) is 1.83. The number of halogens is 1. The first-order chi connectivity index (χ1) is 5.75. The van der Waals surface area contributed by atoms with Gasteiger partial charge in [-0.25, -0.2) is 0 Å². The van der Waals surface area contributed by atoms with Crippen LogP contribution in [-0.4, -0.2) is 6.29 Å². The topological polar surface area (TPSA) is 17.1 Å². The zero-order chi connectivity index (χ0) is 8.97. The number of aldehydes is 1. The Hall–Kier alpha value is -1.08. The van der Waals surface area contributed by atoms with Gasteiger partial charge in [-0.1, -0.05) is 41.9 Å². The molecule has 12 heavy (non-hydrogen) atoms. The highest BCUT2D eigenvalue weighted by Gasteiger charge is 1.99. The number of allylic oxidation sites excluding steroid dienone is 2. The molecular formula is C10H9ClO. The highest BCUT2D eigenvalue weighted by Crippen LogP contribution is 2.18. The molecule has 0 spiro atoms. The lowest BCUT2D eigenvalue weighted by molar-refractivity contribution is -0.104. The van der Waals surface area contributed by atoms with Gasteiger partial charge in [0.1, 0.15) is 0 Å². The van der Waals surface area contributed by atoms with Crippen molar-refractivity contribution in [2.24, 2.45) is 0 Å². The van der Waals surface area contributed by atoms with Gasteiger partial charge in [0.15, 0.2) is 6.29 Å². The van der Waals surface area contributed by atoms with Crippen molar-refractivity contribution in [2.45, 2.75) is 6.92 Å². The molecule has 0 amide bonds. The minimum absolute atomic E-state index is 0.265. The predicted octanol–water partition coefficient (Wildman–Crippen LogP) is 2.86. The molecule has 0 aliphatic rings. The van der Waals surface area contributed by atoms with Crippen molar-refractivity contribution in [3.8, 4) is 0 Å². The molecule has 0 saturated heterocycles. The number of carbonyl (C=O) groups excluding carboxylic acids is 1. The standard InChI is InChI=1S/C10H9ClO/c1-8(10(11)7-12)9-5-3-2-4-6-9/h2-7H,1H3. The third-order valence-corrected chi connectivity index (χ3v) is 2.04. The van der Waals surface area contributed by atoms with E-state index in [4.69, 9.17) is 11.6 Å². The van der Waals surface area contributed by atoms with E-state index in [1.807, 2.05) is 37.3 Å². The SMILES string of the molecule is CC(=C(Cl)C=O)c1ccccc1. The molecular weight excluding hydrogens is 172 g/mol. The van der Waals surface area contributed by atoms with E-state index in [0.29, 0.717) is 6.29 Å². The molecule has 0 radical (unpaired) electrons. The Morgan fingerprint density at radius 1 is 1.33 bits per heavy atom. The van der Waals surface area contributed by atoms with Crippen molar-refractivity contribution in [2.75, 3.05) is 0 Å². The number of benzene rings is 1. The summed E-state index contributed by atoms with van der Waals surface area (Å²) in [6.07, 6.45) is 0.657. The van der Waals surface area contributed by atoms with Crippen molar-refractivity contribution < 1.29 is 4.79 Å². The van der Waals surface area contributed by atoms with Crippen LogP contribution in [0.2, 0.25) is 0 Å². The Labute approximate surface area is 76.7 Å². The van der Waals surface area contributed by atoms with Crippen molar-refractivity contribution >= 4 is 23.5 Å². The van der Waals surface area contributed by atoms with Gasteiger partial charge in [-0.15, -0.1) is 0 Å². The number of rotatable bonds is 2. The third kappa shape index (κ3) is 1.95. The van der Waals surface area contributed by atoms with Gasteiger partial charge in [-0.2, -0.15) is 0 Å². The summed E-state index contributed by atoms with van der Waals surface area (Å²) in [5.41, 5.74) is 1.79. The summed E-state index contributed by atoms with van der Waals surface area (Å²) in [5.74, 6) is 0. The summed E-state index contributed by atoms with van der Waals surface area (Å²) < 4.78 is 0. The van der Waals surface area contributed by atoms with E-state index < -0.39 is 0 Å². The highest BCUT2D eigenvalue weighted by atomic mass is 35.5. The van der Waals surface area contributed by atoms with Crippen LogP contribution >= 0.6 is 11.6 Å². The average molecular weight is 181 g/mol. The minimum atomic E-state index is 0.265. The predicted molar refractivity (Wildman–Crippen MR) is 51.0 cm³/mol. The molecule has 2 heteroatoms. The summed E-state index contributed by atoms with van der Waals surface area (Å²) in [6, 6.07) is 9.58. The van der Waals surface area contributed by atoms with Crippen molar-refractivity contribution in [1.29, 1.82) is 0 Å². The van der Waals surface area contributed by atoms with Gasteiger partial charge in [-0.05, 0) is 18.1 Å². The van der Waals surface area contributed by atoms with Crippen LogP contribution in [0.5, 0.6) is 0 Å². The summed E-state index contributed by atoms with van der Waals surface area (Å²) in [4.78, 5) is 10.3. The Kier molecular flexibility index (Phi) is 3.06. The minimum Gasteiger partial charge on any atom is -0.297 e. The smallest absolute Gasteiger partial charge is 0.161 e. The second-order valence-electron chi connectivity index (χ2n) is 2.46. The fourth-order valence-corrected chi connectivity index (χ4v) is 1.02. The lowest BCUT2D eigenvalue weighted by Gasteiger charge is -1.99. The maximum absolute atomic E-state index is 10.3. The monoisotopic (exact) mass is 180 g/mol. The maximum atomic E-state index is 10.3.